The molecule has 1 aromatic rings. The fourth-order valence-corrected chi connectivity index (χ4v) is 3.30. The maximum Gasteiger partial charge on any atom is 0.161 e. The summed E-state index contributed by atoms with van der Waals surface area (Å²) in [6.45, 7) is 12.9. The van der Waals surface area contributed by atoms with Crippen LogP contribution in [0, 0.1) is 0 Å². The first-order valence-corrected chi connectivity index (χ1v) is 8.36. The number of unbranched alkanes of at least 4 members (excludes halogenated alkanes) is 1. The summed E-state index contributed by atoms with van der Waals surface area (Å²) in [7, 11) is 0. The van der Waals surface area contributed by atoms with E-state index in [0.717, 1.165) is 41.8 Å². The minimum atomic E-state index is -0.186. The Bertz CT molecular complexity index is 713. The van der Waals surface area contributed by atoms with Crippen molar-refractivity contribution in [2.75, 3.05) is 11.5 Å². The number of benzene rings is 1. The molecule has 0 atom stereocenters. The summed E-state index contributed by atoms with van der Waals surface area (Å²) in [6.07, 6.45) is 5.28. The number of carbonyl (C=O) groups excluding carboxylic acids is 1. The quantitative estimate of drug-likeness (QED) is 0.819. The molecule has 3 nitrogen and oxygen atoms in total. The van der Waals surface area contributed by atoms with Gasteiger partial charge in [-0.3, -0.25) is 4.79 Å². The maximum atomic E-state index is 12.1. The zero-order valence-electron chi connectivity index (χ0n) is 14.5. The highest BCUT2D eigenvalue weighted by molar-refractivity contribution is 6.12. The zero-order chi connectivity index (χ0) is 16.8. The minimum Gasteiger partial charge on any atom is -0.489 e. The van der Waals surface area contributed by atoms with E-state index >= 15 is 0 Å². The van der Waals surface area contributed by atoms with Crippen LogP contribution in [0.5, 0.6) is 5.75 Å². The van der Waals surface area contributed by atoms with Crippen LogP contribution in [0.1, 0.15) is 51.7 Å². The SMILES string of the molecule is C=C1C(C(C)=O)=CN2c3c(cc(CCCC)cc31)OCC2(C)C. The Morgan fingerprint density at radius 1 is 1.39 bits per heavy atom. The first-order chi connectivity index (χ1) is 10.8. The first kappa shape index (κ1) is 15.9. The third-order valence-electron chi connectivity index (χ3n) is 4.72. The highest BCUT2D eigenvalue weighted by atomic mass is 16.5. The summed E-state index contributed by atoms with van der Waals surface area (Å²) in [5.41, 5.74) is 4.67. The Balaban J connectivity index is 2.18. The fourth-order valence-electron chi connectivity index (χ4n) is 3.30. The molecule has 0 aromatic heterocycles. The number of hydrogen-bond acceptors (Lipinski definition) is 3. The number of ketones is 1. The second-order valence-electron chi connectivity index (χ2n) is 7.14. The van der Waals surface area contributed by atoms with Crippen molar-refractivity contribution >= 4 is 17.0 Å². The summed E-state index contributed by atoms with van der Waals surface area (Å²) in [6, 6.07) is 4.33. The highest BCUT2D eigenvalue weighted by Crippen LogP contribution is 2.48. The number of carbonyl (C=O) groups is 1. The normalized spacial score (nSPS) is 18.2. The van der Waals surface area contributed by atoms with Gasteiger partial charge in [0, 0.05) is 17.3 Å². The molecular formula is C20H25NO2. The lowest BCUT2D eigenvalue weighted by atomic mass is 9.86. The van der Waals surface area contributed by atoms with Crippen molar-refractivity contribution < 1.29 is 9.53 Å². The summed E-state index contributed by atoms with van der Waals surface area (Å²) >= 11 is 0. The minimum absolute atomic E-state index is 0.0588. The molecule has 2 aliphatic rings. The van der Waals surface area contributed by atoms with Gasteiger partial charge in [-0.25, -0.2) is 0 Å². The third-order valence-corrected chi connectivity index (χ3v) is 4.72. The number of aryl methyl sites for hydroxylation is 1. The Labute approximate surface area is 138 Å². The largest absolute Gasteiger partial charge is 0.489 e. The van der Waals surface area contributed by atoms with Crippen LogP contribution in [0.2, 0.25) is 0 Å². The van der Waals surface area contributed by atoms with Crippen LogP contribution in [-0.2, 0) is 11.2 Å². The Hall–Kier alpha value is -2.03. The molecular weight excluding hydrogens is 286 g/mol. The topological polar surface area (TPSA) is 29.5 Å². The molecule has 2 aliphatic heterocycles. The van der Waals surface area contributed by atoms with Gasteiger partial charge in [-0.05, 0) is 56.9 Å². The third kappa shape index (κ3) is 2.58. The summed E-state index contributed by atoms with van der Waals surface area (Å²) in [4.78, 5) is 14.3. The number of nitrogens with zero attached hydrogens (tertiary/aromatic N) is 1. The number of allylic oxidation sites excluding steroid dienone is 2. The van der Waals surface area contributed by atoms with E-state index in [1.165, 1.54) is 5.56 Å². The van der Waals surface area contributed by atoms with E-state index in [2.05, 4.69) is 44.4 Å². The van der Waals surface area contributed by atoms with Crippen LogP contribution in [0.4, 0.5) is 5.69 Å². The second-order valence-corrected chi connectivity index (χ2v) is 7.14. The van der Waals surface area contributed by atoms with Crippen molar-refractivity contribution in [1.82, 2.24) is 0 Å². The molecule has 3 rings (SSSR count). The molecule has 3 heteroatoms. The van der Waals surface area contributed by atoms with Gasteiger partial charge < -0.3 is 9.64 Å². The van der Waals surface area contributed by atoms with Gasteiger partial charge in [0.1, 0.15) is 12.4 Å². The van der Waals surface area contributed by atoms with Crippen LogP contribution < -0.4 is 9.64 Å². The van der Waals surface area contributed by atoms with Crippen molar-refractivity contribution in [3.8, 4) is 5.75 Å². The van der Waals surface area contributed by atoms with E-state index in [1.807, 2.05) is 6.20 Å². The van der Waals surface area contributed by atoms with E-state index in [1.54, 1.807) is 6.92 Å². The molecule has 0 unspecified atom stereocenters. The van der Waals surface area contributed by atoms with Gasteiger partial charge in [0.2, 0.25) is 0 Å². The molecule has 1 aromatic carbocycles. The lowest BCUT2D eigenvalue weighted by Gasteiger charge is -2.46. The van der Waals surface area contributed by atoms with Crippen LogP contribution >= 0.6 is 0 Å². The van der Waals surface area contributed by atoms with Crippen LogP contribution in [0.3, 0.4) is 0 Å². The molecule has 0 saturated carbocycles. The summed E-state index contributed by atoms with van der Waals surface area (Å²) < 4.78 is 6.05. The highest BCUT2D eigenvalue weighted by Gasteiger charge is 2.39. The lowest BCUT2D eigenvalue weighted by molar-refractivity contribution is -0.113. The van der Waals surface area contributed by atoms with Crippen LogP contribution in [0.25, 0.3) is 5.57 Å². The van der Waals surface area contributed by atoms with Gasteiger partial charge >= 0.3 is 0 Å². The second kappa shape index (κ2) is 5.55. The van der Waals surface area contributed by atoms with Gasteiger partial charge in [0.25, 0.3) is 0 Å². The van der Waals surface area contributed by atoms with Crippen LogP contribution in [-0.4, -0.2) is 17.9 Å². The molecule has 0 amide bonds. The zero-order valence-corrected chi connectivity index (χ0v) is 14.5. The number of Topliss-reactive ketones (excluding diaryl/α,β-unsaturated/α-hetero) is 1. The maximum absolute atomic E-state index is 12.1. The lowest BCUT2D eigenvalue weighted by Crippen LogP contribution is -2.50. The monoisotopic (exact) mass is 311 g/mol. The fraction of sp³-hybridized carbons (Fsp3) is 0.450. The van der Waals surface area contributed by atoms with Gasteiger partial charge in [-0.15, -0.1) is 0 Å². The van der Waals surface area contributed by atoms with Crippen molar-refractivity contribution in [1.29, 1.82) is 0 Å². The van der Waals surface area contributed by atoms with Gasteiger partial charge in [0.05, 0.1) is 11.2 Å². The van der Waals surface area contributed by atoms with Crippen molar-refractivity contribution in [2.24, 2.45) is 0 Å². The predicted molar refractivity (Wildman–Crippen MR) is 94.9 cm³/mol. The van der Waals surface area contributed by atoms with Gasteiger partial charge in [-0.1, -0.05) is 19.9 Å². The summed E-state index contributed by atoms with van der Waals surface area (Å²) in [5.74, 6) is 0.969. The number of hydrogen-bond donors (Lipinski definition) is 0. The smallest absolute Gasteiger partial charge is 0.161 e. The summed E-state index contributed by atoms with van der Waals surface area (Å²) in [5, 5.41) is 0. The van der Waals surface area contributed by atoms with Gasteiger partial charge in [-0.2, -0.15) is 0 Å². The molecule has 0 spiro atoms. The Morgan fingerprint density at radius 3 is 2.78 bits per heavy atom. The molecule has 0 radical (unpaired) electrons. The van der Waals surface area contributed by atoms with E-state index in [4.69, 9.17) is 4.74 Å². The van der Waals surface area contributed by atoms with Crippen molar-refractivity contribution in [2.45, 2.75) is 52.5 Å². The molecule has 0 saturated heterocycles. The Morgan fingerprint density at radius 2 is 2.13 bits per heavy atom. The van der Waals surface area contributed by atoms with E-state index < -0.39 is 0 Å². The molecule has 122 valence electrons. The molecule has 0 fully saturated rings. The molecule has 2 heterocycles. The molecule has 0 aliphatic carbocycles. The van der Waals surface area contributed by atoms with Gasteiger partial charge in [0.15, 0.2) is 5.78 Å². The predicted octanol–water partition coefficient (Wildman–Crippen LogP) is 4.51. The number of rotatable bonds is 4. The van der Waals surface area contributed by atoms with Crippen molar-refractivity contribution in [3.63, 3.8) is 0 Å². The standard InChI is InChI=1S/C20H25NO2/c1-6-7-8-15-9-16-13(2)17(14(3)22)11-21-19(16)18(10-15)23-12-20(21,4)5/h9-11H,2,6-8,12H2,1,3-5H3. The van der Waals surface area contributed by atoms with Crippen molar-refractivity contribution in [3.05, 3.63) is 41.6 Å². The molecule has 0 bridgehead atoms. The molecule has 23 heavy (non-hydrogen) atoms. The van der Waals surface area contributed by atoms with Crippen LogP contribution in [0.15, 0.2) is 30.5 Å². The Kier molecular flexibility index (Phi) is 3.83. The molecule has 0 N–H and O–H groups in total. The van der Waals surface area contributed by atoms with E-state index in [0.29, 0.717) is 12.2 Å². The van der Waals surface area contributed by atoms with E-state index in [9.17, 15) is 4.79 Å². The number of ether oxygens (including phenoxy) is 1. The average molecular weight is 311 g/mol. The average Bonchev–Trinajstić information content (AvgIpc) is 2.50. The van der Waals surface area contributed by atoms with E-state index in [-0.39, 0.29) is 11.3 Å². The first-order valence-electron chi connectivity index (χ1n) is 8.36. The number of anilines is 1.